The number of rotatable bonds is 2. The van der Waals surface area contributed by atoms with Gasteiger partial charge in [-0.1, -0.05) is 18.2 Å². The number of benzene rings is 1. The van der Waals surface area contributed by atoms with E-state index >= 15 is 0 Å². The van der Waals surface area contributed by atoms with Crippen LogP contribution in [0.1, 0.15) is 27.1 Å². The molecule has 116 valence electrons. The highest BCUT2D eigenvalue weighted by Crippen LogP contribution is 2.62. The summed E-state index contributed by atoms with van der Waals surface area (Å²) in [5, 5.41) is 4.83. The molecule has 1 spiro atoms. The number of piperidine rings is 1. The van der Waals surface area contributed by atoms with Crippen LogP contribution in [0.25, 0.3) is 0 Å². The molecule has 5 rings (SSSR count). The molecule has 0 aromatic heterocycles. The number of nitrogens with zero attached hydrogens (tertiary/aromatic N) is 1. The Morgan fingerprint density at radius 2 is 2.55 bits per heavy atom. The van der Waals surface area contributed by atoms with Crippen LogP contribution in [0.15, 0.2) is 24.2 Å². The summed E-state index contributed by atoms with van der Waals surface area (Å²) in [5.74, 6) is -0.939. The standard InChI is InChI=1S/C18H21NO3/c1-19-8-7-18-11-4-5-13(20)17(18)22-16-14(21-2)6-3-10(15(16)18)9-12(11)19/h3-6,11-13,17,20H,7-9H2,1-2H3/t11-,12+,13?,17?,18-/m0/s1/i2D3,3D,6D,12D,17D,20D. The Kier molecular flexibility index (Phi) is 1.36. The Labute approximate surface area is 141 Å². The van der Waals surface area contributed by atoms with Crippen LogP contribution in [0.4, 0.5) is 0 Å². The molecule has 2 aliphatic carbocycles. The van der Waals surface area contributed by atoms with E-state index in [0.717, 1.165) is 0 Å². The van der Waals surface area contributed by atoms with E-state index in [1.807, 2.05) is 11.9 Å². The van der Waals surface area contributed by atoms with Gasteiger partial charge in [0.15, 0.2) is 11.5 Å². The lowest BCUT2D eigenvalue weighted by atomic mass is 9.53. The van der Waals surface area contributed by atoms with Crippen molar-refractivity contribution in [2.75, 3.05) is 20.6 Å². The molecule has 2 bridgehead atoms. The van der Waals surface area contributed by atoms with E-state index in [-0.39, 0.29) is 18.2 Å². The van der Waals surface area contributed by atoms with Crippen molar-refractivity contribution >= 4 is 0 Å². The number of ether oxygens (including phenoxy) is 2. The third kappa shape index (κ3) is 1.28. The average molecular weight is 307 g/mol. The van der Waals surface area contributed by atoms with Gasteiger partial charge in [-0.05, 0) is 38.0 Å². The molecule has 2 unspecified atom stereocenters. The second-order valence-corrected chi connectivity index (χ2v) is 6.42. The van der Waals surface area contributed by atoms with Gasteiger partial charge in [-0.15, -0.1) is 0 Å². The minimum atomic E-state index is -2.87. The van der Waals surface area contributed by atoms with E-state index in [2.05, 4.69) is 0 Å². The number of aliphatic hydroxyl groups excluding tert-OH is 1. The van der Waals surface area contributed by atoms with Crippen LogP contribution in [0.5, 0.6) is 11.5 Å². The summed E-state index contributed by atoms with van der Waals surface area (Å²) in [7, 11) is -1.05. The van der Waals surface area contributed by atoms with Gasteiger partial charge in [0.05, 0.1) is 15.3 Å². The molecule has 1 saturated heterocycles. The van der Waals surface area contributed by atoms with Crippen LogP contribution >= 0.6 is 0 Å². The molecule has 2 heterocycles. The smallest absolute Gasteiger partial charge is 0.211 e. The molecule has 4 aliphatic rings. The van der Waals surface area contributed by atoms with Crippen LogP contribution in [0, 0.1) is 5.92 Å². The monoisotopic (exact) mass is 307 g/mol. The molecule has 1 aromatic rings. The predicted octanol–water partition coefficient (Wildman–Crippen LogP) is 1.50. The minimum Gasteiger partial charge on any atom is -0.493 e. The summed E-state index contributed by atoms with van der Waals surface area (Å²) in [6, 6.07) is -1.85. The quantitative estimate of drug-likeness (QED) is 0.841. The summed E-state index contributed by atoms with van der Waals surface area (Å²) in [5.41, 5.74) is -0.259. The number of aliphatic hydroxyl groups is 1. The van der Waals surface area contributed by atoms with Gasteiger partial charge < -0.3 is 19.5 Å². The zero-order chi connectivity index (χ0) is 21.9. The predicted molar refractivity (Wildman–Crippen MR) is 82.5 cm³/mol. The Hall–Kier alpha value is -1.52. The molecule has 4 heteroatoms. The van der Waals surface area contributed by atoms with Gasteiger partial charge in [-0.2, -0.15) is 0 Å². The lowest BCUT2D eigenvalue weighted by molar-refractivity contribution is -0.0453. The first-order valence-corrected chi connectivity index (χ1v) is 7.47. The fraction of sp³-hybridized carbons (Fsp3) is 0.556. The summed E-state index contributed by atoms with van der Waals surface area (Å²) in [6.45, 7) is 0.479. The van der Waals surface area contributed by atoms with Crippen molar-refractivity contribution in [3.63, 3.8) is 0 Å². The number of likely N-dealkylation sites (tertiary alicyclic amines) is 1. The minimum absolute atomic E-state index is 0.0421. The summed E-state index contributed by atoms with van der Waals surface area (Å²) >= 11 is 0. The van der Waals surface area contributed by atoms with E-state index in [1.54, 1.807) is 12.2 Å². The number of hydrogen-bond donors (Lipinski definition) is 1. The maximum absolute atomic E-state index is 9.30. The van der Waals surface area contributed by atoms with Gasteiger partial charge in [-0.25, -0.2) is 0 Å². The summed E-state index contributed by atoms with van der Waals surface area (Å²) < 4.78 is 76.7. The maximum atomic E-state index is 9.30. The highest BCUT2D eigenvalue weighted by molar-refractivity contribution is 5.62. The highest BCUT2D eigenvalue weighted by atomic mass is 16.5. The summed E-state index contributed by atoms with van der Waals surface area (Å²) in [4.78, 5) is 1.88. The lowest BCUT2D eigenvalue weighted by Crippen LogP contribution is -2.64. The van der Waals surface area contributed by atoms with E-state index in [0.29, 0.717) is 24.1 Å². The van der Waals surface area contributed by atoms with Crippen molar-refractivity contribution in [3.8, 4) is 11.5 Å². The zero-order valence-corrected chi connectivity index (χ0v) is 12.1. The number of likely N-dealkylation sites (N-methyl/N-ethyl adjacent to an activating group) is 1. The largest absolute Gasteiger partial charge is 0.493 e. The van der Waals surface area contributed by atoms with Crippen molar-refractivity contribution in [2.24, 2.45) is 5.92 Å². The van der Waals surface area contributed by atoms with E-state index < -0.39 is 48.4 Å². The summed E-state index contributed by atoms with van der Waals surface area (Å²) in [6.07, 6.45) is 0.920. The molecule has 4 nitrogen and oxygen atoms in total. The molecular formula is C18H21NO3. The molecule has 0 saturated carbocycles. The molecule has 2 aliphatic heterocycles. The van der Waals surface area contributed by atoms with Crippen molar-refractivity contribution < 1.29 is 24.2 Å². The first kappa shape index (κ1) is 7.37. The molecular weight excluding hydrogens is 278 g/mol. The zero-order valence-electron chi connectivity index (χ0n) is 20.1. The highest BCUT2D eigenvalue weighted by Gasteiger charge is 2.64. The fourth-order valence-corrected chi connectivity index (χ4v) is 4.63. The van der Waals surface area contributed by atoms with Crippen molar-refractivity contribution in [1.82, 2.24) is 4.90 Å². The van der Waals surface area contributed by atoms with Crippen LogP contribution in [0.3, 0.4) is 0 Å². The van der Waals surface area contributed by atoms with Gasteiger partial charge >= 0.3 is 0 Å². The molecule has 22 heavy (non-hydrogen) atoms. The van der Waals surface area contributed by atoms with Gasteiger partial charge in [0, 0.05) is 24.3 Å². The Morgan fingerprint density at radius 1 is 1.59 bits per heavy atom. The van der Waals surface area contributed by atoms with Crippen LogP contribution in [-0.4, -0.2) is 50.3 Å². The average Bonchev–Trinajstić information content (AvgIpc) is 2.93. The normalized spacial score (nSPS) is 53.5. The Balaban J connectivity index is 1.88. The van der Waals surface area contributed by atoms with Gasteiger partial charge in [-0.3, -0.25) is 0 Å². The first-order valence-electron chi connectivity index (χ1n) is 11.4. The number of hydrogen-bond acceptors (Lipinski definition) is 4. The SMILES string of the molecule is [2H]OC1C=C[C@H]2[C@@]3([2H])Cc4c([2H])c([2H])c(OC([2H])([2H])[2H])c5c4[C@@]2(CCN3C)C1([2H])O5. The topological polar surface area (TPSA) is 41.9 Å². The van der Waals surface area contributed by atoms with Gasteiger partial charge in [0.25, 0.3) is 0 Å². The third-order valence-electron chi connectivity index (χ3n) is 5.58. The third-order valence-corrected chi connectivity index (χ3v) is 5.58. The van der Waals surface area contributed by atoms with Crippen LogP contribution in [0.2, 0.25) is 0 Å². The first-order chi connectivity index (χ1) is 13.9. The van der Waals surface area contributed by atoms with Crippen molar-refractivity contribution in [2.45, 2.75) is 36.5 Å². The Morgan fingerprint density at radius 3 is 3.41 bits per heavy atom. The van der Waals surface area contributed by atoms with E-state index in [1.165, 1.54) is 0 Å². The second kappa shape index (κ2) is 4.06. The lowest BCUT2D eigenvalue weighted by Gasteiger charge is -2.56. The maximum Gasteiger partial charge on any atom is 0.211 e. The van der Waals surface area contributed by atoms with E-state index in [9.17, 15) is 2.74 Å². The second-order valence-electron chi connectivity index (χ2n) is 6.42. The molecule has 1 N–H and O–H groups in total. The van der Waals surface area contributed by atoms with Crippen molar-refractivity contribution in [1.29, 1.82) is 1.43 Å². The molecule has 5 atom stereocenters. The van der Waals surface area contributed by atoms with Crippen molar-refractivity contribution in [3.05, 3.63) is 35.4 Å². The van der Waals surface area contributed by atoms with Gasteiger partial charge in [0.2, 0.25) is 1.43 Å². The molecule has 1 aromatic carbocycles. The van der Waals surface area contributed by atoms with E-state index in [4.69, 9.17) is 22.9 Å². The number of methoxy groups -OCH3 is 1. The fourth-order valence-electron chi connectivity index (χ4n) is 4.63. The van der Waals surface area contributed by atoms with Crippen LogP contribution in [-0.2, 0) is 11.8 Å². The Bertz CT molecular complexity index is 983. The molecule has 0 radical (unpaired) electrons. The van der Waals surface area contributed by atoms with Crippen LogP contribution < -0.4 is 9.47 Å². The van der Waals surface area contributed by atoms with Gasteiger partial charge in [0.1, 0.15) is 12.2 Å². The molecule has 0 amide bonds. The molecule has 1 fully saturated rings.